The van der Waals surface area contributed by atoms with E-state index in [1.165, 1.54) is 6.07 Å². The number of nitrogens with zero attached hydrogens (tertiary/aromatic N) is 1. The normalized spacial score (nSPS) is 22.8. The van der Waals surface area contributed by atoms with Gasteiger partial charge in [0.25, 0.3) is 0 Å². The zero-order chi connectivity index (χ0) is 18.4. The first kappa shape index (κ1) is 17.8. The van der Waals surface area contributed by atoms with Gasteiger partial charge in [-0.2, -0.15) is 0 Å². The predicted octanol–water partition coefficient (Wildman–Crippen LogP) is 4.74. The minimum Gasteiger partial charge on any atom is -0.444 e. The maximum atomic E-state index is 13.9. The van der Waals surface area contributed by atoms with Crippen molar-refractivity contribution in [2.45, 2.75) is 64.1 Å². The SMILES string of the molecule is CC(C)(C)OC(=O)N1C2C=C(Cc3ccc(F)c(F)c3F)CC1CC2. The van der Waals surface area contributed by atoms with Gasteiger partial charge in [0.05, 0.1) is 6.04 Å². The molecule has 2 aliphatic rings. The molecule has 0 radical (unpaired) electrons. The maximum absolute atomic E-state index is 13.9. The maximum Gasteiger partial charge on any atom is 0.411 e. The highest BCUT2D eigenvalue weighted by molar-refractivity contribution is 5.70. The standard InChI is InChI=1S/C19H22F3NO2/c1-19(2,3)25-18(24)23-13-5-6-14(23)10-11(9-13)8-12-4-7-15(20)17(22)16(12)21/h4,7,9,13-14H,5-6,8,10H2,1-3H3. The van der Waals surface area contributed by atoms with Gasteiger partial charge in [0, 0.05) is 6.04 Å². The summed E-state index contributed by atoms with van der Waals surface area (Å²) in [6.07, 6.45) is 4.09. The summed E-state index contributed by atoms with van der Waals surface area (Å²) in [6, 6.07) is 2.14. The van der Waals surface area contributed by atoms with Crippen LogP contribution in [0, 0.1) is 17.5 Å². The van der Waals surface area contributed by atoms with Crippen LogP contribution in [-0.2, 0) is 11.2 Å². The summed E-state index contributed by atoms with van der Waals surface area (Å²) in [5.41, 5.74) is 0.516. The Kier molecular flexibility index (Phi) is 4.56. The van der Waals surface area contributed by atoms with Gasteiger partial charge in [0.1, 0.15) is 5.60 Å². The van der Waals surface area contributed by atoms with Crippen LogP contribution in [0.1, 0.15) is 45.6 Å². The molecule has 1 aromatic carbocycles. The number of fused-ring (bicyclic) bond motifs is 2. The van der Waals surface area contributed by atoms with Crippen molar-refractivity contribution in [2.24, 2.45) is 0 Å². The molecule has 2 aliphatic heterocycles. The Morgan fingerprint density at radius 2 is 1.92 bits per heavy atom. The van der Waals surface area contributed by atoms with Crippen LogP contribution in [0.15, 0.2) is 23.8 Å². The zero-order valence-corrected chi connectivity index (χ0v) is 14.6. The van der Waals surface area contributed by atoms with Gasteiger partial charge in [-0.15, -0.1) is 0 Å². The monoisotopic (exact) mass is 353 g/mol. The fraction of sp³-hybridized carbons (Fsp3) is 0.526. The predicted molar refractivity (Wildman–Crippen MR) is 87.6 cm³/mol. The van der Waals surface area contributed by atoms with E-state index >= 15 is 0 Å². The molecular weight excluding hydrogens is 331 g/mol. The van der Waals surface area contributed by atoms with Crippen LogP contribution in [0.3, 0.4) is 0 Å². The van der Waals surface area contributed by atoms with Crippen LogP contribution in [0.5, 0.6) is 0 Å². The molecule has 3 nitrogen and oxygen atoms in total. The molecular formula is C19H22F3NO2. The summed E-state index contributed by atoms with van der Waals surface area (Å²) in [5, 5.41) is 0. The van der Waals surface area contributed by atoms with E-state index in [-0.39, 0.29) is 30.2 Å². The van der Waals surface area contributed by atoms with Gasteiger partial charge < -0.3 is 4.74 Å². The number of amides is 1. The van der Waals surface area contributed by atoms with Crippen LogP contribution in [-0.4, -0.2) is 28.7 Å². The lowest BCUT2D eigenvalue weighted by Crippen LogP contribution is -2.45. The van der Waals surface area contributed by atoms with Crippen molar-refractivity contribution in [2.75, 3.05) is 0 Å². The lowest BCUT2D eigenvalue weighted by molar-refractivity contribution is 0.0166. The highest BCUT2D eigenvalue weighted by atomic mass is 19.2. The van der Waals surface area contributed by atoms with Gasteiger partial charge in [-0.05, 0) is 58.1 Å². The van der Waals surface area contributed by atoms with E-state index in [0.29, 0.717) is 6.42 Å². The van der Waals surface area contributed by atoms with E-state index in [1.807, 2.05) is 26.8 Å². The second kappa shape index (κ2) is 6.39. The lowest BCUT2D eigenvalue weighted by Gasteiger charge is -2.35. The number of halogens is 3. The zero-order valence-electron chi connectivity index (χ0n) is 14.6. The molecule has 136 valence electrons. The number of benzene rings is 1. The number of rotatable bonds is 2. The first-order valence-electron chi connectivity index (χ1n) is 8.49. The van der Waals surface area contributed by atoms with E-state index in [0.717, 1.165) is 24.5 Å². The molecule has 1 fully saturated rings. The molecule has 1 amide bonds. The largest absolute Gasteiger partial charge is 0.444 e. The minimum absolute atomic E-state index is 0.00760. The molecule has 0 N–H and O–H groups in total. The van der Waals surface area contributed by atoms with Crippen LogP contribution < -0.4 is 0 Å². The number of carbonyl (C=O) groups excluding carboxylic acids is 1. The quantitative estimate of drug-likeness (QED) is 0.567. The molecule has 1 aromatic rings. The van der Waals surface area contributed by atoms with E-state index in [9.17, 15) is 18.0 Å². The summed E-state index contributed by atoms with van der Waals surface area (Å²) in [7, 11) is 0. The topological polar surface area (TPSA) is 29.5 Å². The van der Waals surface area contributed by atoms with Crippen LogP contribution in [0.4, 0.5) is 18.0 Å². The Morgan fingerprint density at radius 3 is 2.56 bits per heavy atom. The smallest absolute Gasteiger partial charge is 0.411 e. The van der Waals surface area contributed by atoms with E-state index in [1.54, 1.807) is 4.90 Å². The summed E-state index contributed by atoms with van der Waals surface area (Å²) >= 11 is 0. The summed E-state index contributed by atoms with van der Waals surface area (Å²) in [6.45, 7) is 5.47. The fourth-order valence-electron chi connectivity index (χ4n) is 3.60. The lowest BCUT2D eigenvalue weighted by atomic mass is 9.95. The molecule has 0 aromatic heterocycles. The van der Waals surface area contributed by atoms with Gasteiger partial charge in [-0.1, -0.05) is 17.7 Å². The number of ether oxygens (including phenoxy) is 1. The van der Waals surface area contributed by atoms with Crippen LogP contribution in [0.25, 0.3) is 0 Å². The van der Waals surface area contributed by atoms with Crippen molar-refractivity contribution in [1.29, 1.82) is 0 Å². The van der Waals surface area contributed by atoms with Gasteiger partial charge in [-0.3, -0.25) is 4.90 Å². The third-order valence-corrected chi connectivity index (χ3v) is 4.61. The molecule has 2 bridgehead atoms. The second-order valence-corrected chi connectivity index (χ2v) is 7.73. The summed E-state index contributed by atoms with van der Waals surface area (Å²) < 4.78 is 45.8. The van der Waals surface area contributed by atoms with E-state index in [4.69, 9.17) is 4.74 Å². The number of hydrogen-bond acceptors (Lipinski definition) is 2. The van der Waals surface area contributed by atoms with Gasteiger partial charge >= 0.3 is 6.09 Å². The Bertz CT molecular complexity index is 724. The van der Waals surface area contributed by atoms with Crippen molar-refractivity contribution >= 4 is 6.09 Å². The molecule has 2 atom stereocenters. The number of carbonyl (C=O) groups is 1. The van der Waals surface area contributed by atoms with Crippen molar-refractivity contribution in [3.05, 3.63) is 46.8 Å². The van der Waals surface area contributed by atoms with Gasteiger partial charge in [0.2, 0.25) is 0 Å². The highest BCUT2D eigenvalue weighted by Crippen LogP contribution is 2.37. The Balaban J connectivity index is 1.76. The van der Waals surface area contributed by atoms with Gasteiger partial charge in [-0.25, -0.2) is 18.0 Å². The summed E-state index contributed by atoms with van der Waals surface area (Å²) in [5.74, 6) is -3.76. The molecule has 0 aliphatic carbocycles. The first-order chi connectivity index (χ1) is 11.7. The minimum atomic E-state index is -1.44. The van der Waals surface area contributed by atoms with Crippen molar-refractivity contribution in [1.82, 2.24) is 4.90 Å². The van der Waals surface area contributed by atoms with E-state index in [2.05, 4.69) is 0 Å². The molecule has 1 saturated heterocycles. The molecule has 25 heavy (non-hydrogen) atoms. The molecule has 3 rings (SSSR count). The van der Waals surface area contributed by atoms with Crippen molar-refractivity contribution < 1.29 is 22.7 Å². The third kappa shape index (κ3) is 3.67. The second-order valence-electron chi connectivity index (χ2n) is 7.73. The molecule has 2 heterocycles. The summed E-state index contributed by atoms with van der Waals surface area (Å²) in [4.78, 5) is 14.1. The van der Waals surface area contributed by atoms with Crippen molar-refractivity contribution in [3.63, 3.8) is 0 Å². The molecule has 0 saturated carbocycles. The van der Waals surface area contributed by atoms with Gasteiger partial charge in [0.15, 0.2) is 17.5 Å². The molecule has 6 heteroatoms. The average molecular weight is 353 g/mol. The molecule has 0 spiro atoms. The van der Waals surface area contributed by atoms with Crippen LogP contribution >= 0.6 is 0 Å². The molecule has 2 unspecified atom stereocenters. The van der Waals surface area contributed by atoms with E-state index < -0.39 is 23.1 Å². The Labute approximate surface area is 145 Å². The highest BCUT2D eigenvalue weighted by Gasteiger charge is 2.41. The number of hydrogen-bond donors (Lipinski definition) is 0. The van der Waals surface area contributed by atoms with Crippen LogP contribution in [0.2, 0.25) is 0 Å². The Hall–Kier alpha value is -1.98. The fourth-order valence-corrected chi connectivity index (χ4v) is 3.60. The first-order valence-corrected chi connectivity index (χ1v) is 8.49. The average Bonchev–Trinajstić information content (AvgIpc) is 2.78. The third-order valence-electron chi connectivity index (χ3n) is 4.61. The van der Waals surface area contributed by atoms with Crippen molar-refractivity contribution in [3.8, 4) is 0 Å². The Morgan fingerprint density at radius 1 is 1.20 bits per heavy atom.